The van der Waals surface area contributed by atoms with Crippen molar-refractivity contribution in [2.75, 3.05) is 4.72 Å². The van der Waals surface area contributed by atoms with E-state index in [0.29, 0.717) is 12.1 Å². The Morgan fingerprint density at radius 3 is 2.20 bits per heavy atom. The highest BCUT2D eigenvalue weighted by molar-refractivity contribution is 8.13. The zero-order valence-corrected chi connectivity index (χ0v) is 11.5. The summed E-state index contributed by atoms with van der Waals surface area (Å²) in [4.78, 5) is 8.88. The number of hydrogen-bond acceptors (Lipinski definition) is 6. The van der Waals surface area contributed by atoms with E-state index in [-0.39, 0.29) is 0 Å². The summed E-state index contributed by atoms with van der Waals surface area (Å²) in [5.41, 5.74) is -1.84. The number of nitro benzene ring substituents is 1. The predicted molar refractivity (Wildman–Crippen MR) is 64.7 cm³/mol. The molecule has 8 nitrogen and oxygen atoms in total. The standard InChI is InChI=1S/C7H5ClF2N2O6S2/c8-19(15,16)4-1-2-5(6(3-4)12(13)14)11-20(17,18)7(9)10/h1-3,7,11H. The molecule has 13 heteroatoms. The molecule has 0 aliphatic rings. The Morgan fingerprint density at radius 2 is 1.80 bits per heavy atom. The Kier molecular flexibility index (Phi) is 4.51. The average molecular weight is 351 g/mol. The van der Waals surface area contributed by atoms with E-state index in [1.54, 1.807) is 0 Å². The monoisotopic (exact) mass is 350 g/mol. The molecule has 0 aromatic heterocycles. The van der Waals surface area contributed by atoms with Crippen LogP contribution in [0.2, 0.25) is 0 Å². The van der Waals surface area contributed by atoms with Gasteiger partial charge >= 0.3 is 5.76 Å². The van der Waals surface area contributed by atoms with Gasteiger partial charge in [0, 0.05) is 16.7 Å². The number of hydrogen-bond donors (Lipinski definition) is 1. The maximum Gasteiger partial charge on any atom is 0.355 e. The minimum Gasteiger partial charge on any atom is -0.272 e. The normalized spacial score (nSPS) is 12.4. The first-order valence-electron chi connectivity index (χ1n) is 4.48. The van der Waals surface area contributed by atoms with Crippen molar-refractivity contribution in [2.24, 2.45) is 0 Å². The number of alkyl halides is 2. The molecular formula is C7H5ClF2N2O6S2. The second kappa shape index (κ2) is 5.46. The van der Waals surface area contributed by atoms with Crippen molar-refractivity contribution in [1.82, 2.24) is 0 Å². The summed E-state index contributed by atoms with van der Waals surface area (Å²) < 4.78 is 69.5. The van der Waals surface area contributed by atoms with Crippen LogP contribution in [0.5, 0.6) is 0 Å². The molecule has 0 atom stereocenters. The lowest BCUT2D eigenvalue weighted by molar-refractivity contribution is -0.384. The minimum absolute atomic E-state index is 0.450. The fraction of sp³-hybridized carbons (Fsp3) is 0.143. The molecule has 0 fully saturated rings. The molecule has 1 N–H and O–H groups in total. The fourth-order valence-electron chi connectivity index (χ4n) is 1.10. The number of sulfonamides is 1. The topological polar surface area (TPSA) is 123 Å². The van der Waals surface area contributed by atoms with E-state index >= 15 is 0 Å². The number of nitro groups is 1. The highest BCUT2D eigenvalue weighted by Gasteiger charge is 2.28. The Labute approximate surface area is 116 Å². The SMILES string of the molecule is O=[N+]([O-])c1cc(S(=O)(=O)Cl)ccc1NS(=O)(=O)C(F)F. The Morgan fingerprint density at radius 1 is 1.25 bits per heavy atom. The average Bonchev–Trinajstić information content (AvgIpc) is 2.26. The van der Waals surface area contributed by atoms with E-state index in [1.165, 1.54) is 4.72 Å². The van der Waals surface area contributed by atoms with E-state index in [9.17, 15) is 35.7 Å². The van der Waals surface area contributed by atoms with Crippen molar-refractivity contribution in [3.63, 3.8) is 0 Å². The van der Waals surface area contributed by atoms with E-state index in [1.807, 2.05) is 0 Å². The van der Waals surface area contributed by atoms with Crippen LogP contribution in [0.1, 0.15) is 0 Å². The molecule has 0 saturated carbocycles. The Bertz CT molecular complexity index is 749. The molecule has 0 heterocycles. The van der Waals surface area contributed by atoms with E-state index < -0.39 is 46.0 Å². The molecule has 112 valence electrons. The lowest BCUT2D eigenvalue weighted by Gasteiger charge is -2.08. The first-order chi connectivity index (χ1) is 8.95. The molecule has 1 aromatic rings. The van der Waals surface area contributed by atoms with Crippen molar-refractivity contribution >= 4 is 41.1 Å². The van der Waals surface area contributed by atoms with Gasteiger partial charge in [0.25, 0.3) is 24.8 Å². The number of benzene rings is 1. The quantitative estimate of drug-likeness (QED) is 0.487. The third-order valence-electron chi connectivity index (χ3n) is 1.93. The summed E-state index contributed by atoms with van der Waals surface area (Å²) >= 11 is 0. The molecule has 0 amide bonds. The van der Waals surface area contributed by atoms with E-state index in [2.05, 4.69) is 0 Å². The molecular weight excluding hydrogens is 346 g/mol. The fourth-order valence-corrected chi connectivity index (χ4v) is 2.44. The lowest BCUT2D eigenvalue weighted by atomic mass is 10.3. The van der Waals surface area contributed by atoms with E-state index in [0.717, 1.165) is 6.07 Å². The molecule has 0 spiro atoms. The van der Waals surface area contributed by atoms with E-state index in [4.69, 9.17) is 10.7 Å². The van der Waals surface area contributed by atoms with Gasteiger partial charge in [-0.1, -0.05) is 0 Å². The number of nitrogens with zero attached hydrogens (tertiary/aromatic N) is 1. The molecule has 0 aliphatic carbocycles. The summed E-state index contributed by atoms with van der Waals surface area (Å²) in [6, 6.07) is 1.83. The molecule has 0 bridgehead atoms. The van der Waals surface area contributed by atoms with Gasteiger partial charge in [0.2, 0.25) is 0 Å². The number of anilines is 1. The van der Waals surface area contributed by atoms with Crippen molar-refractivity contribution in [3.05, 3.63) is 28.3 Å². The second-order valence-electron chi connectivity index (χ2n) is 3.28. The van der Waals surface area contributed by atoms with Crippen LogP contribution in [0.25, 0.3) is 0 Å². The maximum atomic E-state index is 12.2. The zero-order valence-electron chi connectivity index (χ0n) is 9.16. The molecule has 20 heavy (non-hydrogen) atoms. The summed E-state index contributed by atoms with van der Waals surface area (Å²) in [5, 5.41) is 10.7. The largest absolute Gasteiger partial charge is 0.355 e. The Balaban J connectivity index is 3.40. The van der Waals surface area contributed by atoms with Crippen LogP contribution in [0.15, 0.2) is 23.1 Å². The van der Waals surface area contributed by atoms with Crippen LogP contribution in [-0.2, 0) is 19.1 Å². The van der Waals surface area contributed by atoms with Crippen molar-refractivity contribution in [3.8, 4) is 0 Å². The molecule has 0 saturated heterocycles. The van der Waals surface area contributed by atoms with Gasteiger partial charge in [0.05, 0.1) is 9.82 Å². The van der Waals surface area contributed by atoms with Crippen molar-refractivity contribution in [1.29, 1.82) is 0 Å². The molecule has 1 rings (SSSR count). The van der Waals surface area contributed by atoms with Gasteiger partial charge in [-0.05, 0) is 12.1 Å². The minimum atomic E-state index is -5.13. The van der Waals surface area contributed by atoms with Gasteiger partial charge in [0.15, 0.2) is 0 Å². The van der Waals surface area contributed by atoms with Crippen LogP contribution >= 0.6 is 10.7 Å². The third-order valence-corrected chi connectivity index (χ3v) is 4.26. The Hall–Kier alpha value is -1.53. The van der Waals surface area contributed by atoms with Crippen LogP contribution in [0.4, 0.5) is 20.2 Å². The van der Waals surface area contributed by atoms with Crippen molar-refractivity contribution < 1.29 is 30.5 Å². The third kappa shape index (κ3) is 3.74. The molecule has 0 unspecified atom stereocenters. The molecule has 0 radical (unpaired) electrons. The predicted octanol–water partition coefficient (Wildman–Crippen LogP) is 1.49. The molecule has 1 aromatic carbocycles. The van der Waals surface area contributed by atoms with Gasteiger partial charge in [-0.2, -0.15) is 8.78 Å². The van der Waals surface area contributed by atoms with Crippen LogP contribution < -0.4 is 4.72 Å². The number of rotatable bonds is 5. The van der Waals surface area contributed by atoms with Crippen LogP contribution in [-0.4, -0.2) is 27.5 Å². The van der Waals surface area contributed by atoms with Crippen molar-refractivity contribution in [2.45, 2.75) is 10.7 Å². The smallest absolute Gasteiger partial charge is 0.272 e. The summed E-state index contributed by atoms with van der Waals surface area (Å²) in [7, 11) is -4.46. The second-order valence-corrected chi connectivity index (χ2v) is 7.50. The highest BCUT2D eigenvalue weighted by atomic mass is 35.7. The maximum absolute atomic E-state index is 12.2. The van der Waals surface area contributed by atoms with Gasteiger partial charge in [-0.3, -0.25) is 14.8 Å². The number of halogens is 3. The summed E-state index contributed by atoms with van der Waals surface area (Å²) in [6.45, 7) is 0. The van der Waals surface area contributed by atoms with Crippen LogP contribution in [0, 0.1) is 10.1 Å². The van der Waals surface area contributed by atoms with Gasteiger partial charge in [0.1, 0.15) is 5.69 Å². The zero-order chi connectivity index (χ0) is 15.7. The van der Waals surface area contributed by atoms with Crippen LogP contribution in [0.3, 0.4) is 0 Å². The number of nitrogens with one attached hydrogen (secondary N) is 1. The summed E-state index contributed by atoms with van der Waals surface area (Å²) in [6.07, 6.45) is 0. The lowest BCUT2D eigenvalue weighted by Crippen LogP contribution is -2.21. The first kappa shape index (κ1) is 16.5. The summed E-state index contributed by atoms with van der Waals surface area (Å²) in [5.74, 6) is -3.81. The van der Waals surface area contributed by atoms with Gasteiger partial charge in [-0.15, -0.1) is 0 Å². The van der Waals surface area contributed by atoms with Gasteiger partial charge < -0.3 is 0 Å². The first-order valence-corrected chi connectivity index (χ1v) is 8.33. The van der Waals surface area contributed by atoms with Gasteiger partial charge in [-0.25, -0.2) is 16.8 Å². The highest BCUT2D eigenvalue weighted by Crippen LogP contribution is 2.30. The molecule has 0 aliphatic heterocycles.